The summed E-state index contributed by atoms with van der Waals surface area (Å²) in [6.07, 6.45) is 2.99. The average Bonchev–Trinajstić information content (AvgIpc) is 2.85. The molecule has 1 unspecified atom stereocenters. The molecule has 0 aromatic carbocycles. The van der Waals surface area contributed by atoms with Gasteiger partial charge in [-0.2, -0.15) is 0 Å². The maximum absolute atomic E-state index is 12.5. The van der Waals surface area contributed by atoms with E-state index in [0.29, 0.717) is 37.3 Å². The smallest absolute Gasteiger partial charge is 0.317 e. The molecule has 0 saturated carbocycles. The molecular weight excluding hydrogens is 342 g/mol. The number of hydrogen-bond acceptors (Lipinski definition) is 3. The number of nitrogens with one attached hydrogen (secondary N) is 1. The van der Waals surface area contributed by atoms with Crippen molar-refractivity contribution in [3.05, 3.63) is 0 Å². The van der Waals surface area contributed by atoms with E-state index >= 15 is 0 Å². The van der Waals surface area contributed by atoms with E-state index in [-0.39, 0.29) is 29.2 Å². The van der Waals surface area contributed by atoms with Gasteiger partial charge in [0.2, 0.25) is 11.8 Å². The highest BCUT2D eigenvalue weighted by atomic mass is 16.2. The minimum atomic E-state index is -0.233. The van der Waals surface area contributed by atoms with E-state index in [1.165, 1.54) is 4.90 Å². The Morgan fingerprint density at radius 3 is 2.11 bits per heavy atom. The molecule has 2 heterocycles. The van der Waals surface area contributed by atoms with E-state index in [9.17, 15) is 14.4 Å². The van der Waals surface area contributed by atoms with Gasteiger partial charge in [-0.05, 0) is 36.0 Å². The van der Waals surface area contributed by atoms with Gasteiger partial charge in [0.15, 0.2) is 0 Å². The Labute approximate surface area is 164 Å². The van der Waals surface area contributed by atoms with Crippen LogP contribution in [-0.2, 0) is 9.59 Å². The first kappa shape index (κ1) is 21.7. The summed E-state index contributed by atoms with van der Waals surface area (Å²) in [4.78, 5) is 40.2. The summed E-state index contributed by atoms with van der Waals surface area (Å²) in [6.45, 7) is 15.2. The van der Waals surface area contributed by atoms with Gasteiger partial charge in [0.05, 0.1) is 5.92 Å². The second-order valence-electron chi connectivity index (χ2n) is 10.2. The number of imide groups is 1. The average molecular weight is 380 g/mol. The summed E-state index contributed by atoms with van der Waals surface area (Å²) in [6, 6.07) is -0.0333. The first-order chi connectivity index (χ1) is 12.4. The van der Waals surface area contributed by atoms with Gasteiger partial charge in [-0.25, -0.2) is 4.79 Å². The van der Waals surface area contributed by atoms with Gasteiger partial charge in [-0.1, -0.05) is 41.5 Å². The fraction of sp³-hybridized carbons (Fsp3) is 0.857. The highest BCUT2D eigenvalue weighted by Crippen LogP contribution is 2.35. The largest absolute Gasteiger partial charge is 0.338 e. The van der Waals surface area contributed by atoms with Crippen molar-refractivity contribution in [3.8, 4) is 0 Å². The van der Waals surface area contributed by atoms with Crippen LogP contribution in [0.5, 0.6) is 0 Å². The van der Waals surface area contributed by atoms with Crippen molar-refractivity contribution in [2.24, 2.45) is 22.7 Å². The van der Waals surface area contributed by atoms with Crippen molar-refractivity contribution >= 4 is 17.8 Å². The van der Waals surface area contributed by atoms with Gasteiger partial charge in [-0.3, -0.25) is 14.5 Å². The molecule has 4 amide bonds. The summed E-state index contributed by atoms with van der Waals surface area (Å²) in [5.41, 5.74) is 0.0944. The Bertz CT molecular complexity index is 566. The highest BCUT2D eigenvalue weighted by Gasteiger charge is 2.44. The van der Waals surface area contributed by atoms with Crippen LogP contribution in [0.1, 0.15) is 67.2 Å². The van der Waals surface area contributed by atoms with Crippen LogP contribution in [0.4, 0.5) is 4.79 Å². The zero-order valence-corrected chi connectivity index (χ0v) is 17.9. The quantitative estimate of drug-likeness (QED) is 0.602. The molecule has 1 N–H and O–H groups in total. The number of hydrogen-bond donors (Lipinski definition) is 1. The number of likely N-dealkylation sites (tertiary alicyclic amines) is 2. The van der Waals surface area contributed by atoms with Crippen LogP contribution in [0.2, 0.25) is 0 Å². The van der Waals surface area contributed by atoms with Crippen LogP contribution in [0, 0.1) is 22.7 Å². The molecule has 6 nitrogen and oxygen atoms in total. The van der Waals surface area contributed by atoms with Gasteiger partial charge in [0.1, 0.15) is 0 Å². The van der Waals surface area contributed by atoms with Gasteiger partial charge in [0, 0.05) is 32.6 Å². The van der Waals surface area contributed by atoms with Crippen molar-refractivity contribution in [2.75, 3.05) is 26.2 Å². The second-order valence-corrected chi connectivity index (χ2v) is 10.2. The zero-order chi connectivity index (χ0) is 20.4. The Kier molecular flexibility index (Phi) is 6.59. The predicted octanol–water partition coefficient (Wildman–Crippen LogP) is 3.27. The number of carbonyl (C=O) groups excluding carboxylic acids is 3. The lowest BCUT2D eigenvalue weighted by Crippen LogP contribution is -2.46. The van der Waals surface area contributed by atoms with Crippen LogP contribution in [0.15, 0.2) is 0 Å². The fourth-order valence-corrected chi connectivity index (χ4v) is 4.09. The Balaban J connectivity index is 1.71. The van der Waals surface area contributed by atoms with Crippen molar-refractivity contribution in [3.63, 3.8) is 0 Å². The van der Waals surface area contributed by atoms with Gasteiger partial charge in [0.25, 0.3) is 0 Å². The van der Waals surface area contributed by atoms with Crippen LogP contribution in [0.3, 0.4) is 0 Å². The monoisotopic (exact) mass is 379 g/mol. The molecule has 154 valence electrons. The number of urea groups is 1. The minimum Gasteiger partial charge on any atom is -0.338 e. The number of carbonyl (C=O) groups is 3. The molecule has 6 heteroatoms. The number of amides is 4. The van der Waals surface area contributed by atoms with Crippen molar-refractivity contribution < 1.29 is 14.4 Å². The topological polar surface area (TPSA) is 69.7 Å². The first-order valence-electron chi connectivity index (χ1n) is 10.3. The SMILES string of the molecule is CC(C)(C)C1CCN(C(=O)NCCCN2C(=O)CC(C(C)(C)C)C2=O)CC1. The van der Waals surface area contributed by atoms with E-state index in [0.717, 1.165) is 25.9 Å². The second kappa shape index (κ2) is 8.19. The molecule has 0 aromatic heterocycles. The lowest BCUT2D eigenvalue weighted by Gasteiger charge is -2.38. The number of piperidine rings is 1. The summed E-state index contributed by atoms with van der Waals surface area (Å²) in [5.74, 6) is 0.270. The third-order valence-electron chi connectivity index (χ3n) is 6.13. The van der Waals surface area contributed by atoms with Crippen molar-refractivity contribution in [2.45, 2.75) is 67.2 Å². The molecule has 27 heavy (non-hydrogen) atoms. The Hall–Kier alpha value is -1.59. The molecule has 2 saturated heterocycles. The van der Waals surface area contributed by atoms with E-state index in [1.807, 2.05) is 25.7 Å². The molecule has 2 rings (SSSR count). The predicted molar refractivity (Wildman–Crippen MR) is 106 cm³/mol. The van der Waals surface area contributed by atoms with Gasteiger partial charge < -0.3 is 10.2 Å². The Morgan fingerprint density at radius 1 is 1.04 bits per heavy atom. The summed E-state index contributed by atoms with van der Waals surface area (Å²) in [5, 5.41) is 2.94. The third kappa shape index (κ3) is 5.45. The number of rotatable bonds is 4. The molecule has 0 spiro atoms. The highest BCUT2D eigenvalue weighted by molar-refractivity contribution is 6.03. The minimum absolute atomic E-state index is 0.0333. The normalized spacial score (nSPS) is 22.5. The van der Waals surface area contributed by atoms with Gasteiger partial charge >= 0.3 is 6.03 Å². The summed E-state index contributed by atoms with van der Waals surface area (Å²) < 4.78 is 0. The van der Waals surface area contributed by atoms with Crippen LogP contribution < -0.4 is 5.32 Å². The molecule has 0 radical (unpaired) electrons. The van der Waals surface area contributed by atoms with Crippen LogP contribution in [-0.4, -0.2) is 53.8 Å². The van der Waals surface area contributed by atoms with Crippen LogP contribution >= 0.6 is 0 Å². The van der Waals surface area contributed by atoms with E-state index in [2.05, 4.69) is 26.1 Å². The molecule has 0 aromatic rings. The van der Waals surface area contributed by atoms with Crippen LogP contribution in [0.25, 0.3) is 0 Å². The van der Waals surface area contributed by atoms with E-state index < -0.39 is 0 Å². The molecule has 2 aliphatic rings. The van der Waals surface area contributed by atoms with Crippen molar-refractivity contribution in [1.82, 2.24) is 15.1 Å². The molecule has 1 atom stereocenters. The molecule has 2 aliphatic heterocycles. The molecule has 0 aliphatic carbocycles. The molecule has 2 fully saturated rings. The van der Waals surface area contributed by atoms with E-state index in [4.69, 9.17) is 0 Å². The lowest BCUT2D eigenvalue weighted by atomic mass is 9.75. The lowest BCUT2D eigenvalue weighted by molar-refractivity contribution is -0.140. The maximum Gasteiger partial charge on any atom is 0.317 e. The Morgan fingerprint density at radius 2 is 1.63 bits per heavy atom. The fourth-order valence-electron chi connectivity index (χ4n) is 4.09. The number of nitrogens with zero attached hydrogens (tertiary/aromatic N) is 2. The third-order valence-corrected chi connectivity index (χ3v) is 6.13. The molecule has 0 bridgehead atoms. The van der Waals surface area contributed by atoms with E-state index in [1.54, 1.807) is 0 Å². The summed E-state index contributed by atoms with van der Waals surface area (Å²) in [7, 11) is 0. The molecular formula is C21H37N3O3. The van der Waals surface area contributed by atoms with Crippen molar-refractivity contribution in [1.29, 1.82) is 0 Å². The zero-order valence-electron chi connectivity index (χ0n) is 17.9. The van der Waals surface area contributed by atoms with Gasteiger partial charge in [-0.15, -0.1) is 0 Å². The standard InChI is InChI=1S/C21H37N3O3/c1-20(2,3)15-8-12-23(13-9-15)19(27)22-10-7-11-24-17(25)14-16(18(24)26)21(4,5)6/h15-16H,7-14H2,1-6H3,(H,22,27). The maximum atomic E-state index is 12.5. The first-order valence-corrected chi connectivity index (χ1v) is 10.3. The summed E-state index contributed by atoms with van der Waals surface area (Å²) >= 11 is 0.